The van der Waals surface area contributed by atoms with Gasteiger partial charge in [-0.05, 0) is 40.9 Å². The molecule has 0 radical (unpaired) electrons. The maximum absolute atomic E-state index is 12.0. The van der Waals surface area contributed by atoms with E-state index < -0.39 is 0 Å². The minimum Gasteiger partial charge on any atom is -0.336 e. The van der Waals surface area contributed by atoms with Gasteiger partial charge in [0.15, 0.2) is 0 Å². The van der Waals surface area contributed by atoms with Crippen molar-refractivity contribution in [1.29, 1.82) is 0 Å². The molecule has 1 atom stereocenters. The number of thiophene rings is 1. The van der Waals surface area contributed by atoms with Crippen molar-refractivity contribution in [2.24, 2.45) is 5.73 Å². The average Bonchev–Trinajstić information content (AvgIpc) is 2.74. The second-order valence-electron chi connectivity index (χ2n) is 3.87. The van der Waals surface area contributed by atoms with Crippen LogP contribution in [0.1, 0.15) is 21.7 Å². The summed E-state index contributed by atoms with van der Waals surface area (Å²) in [5.74, 6) is 0.113. The average molecular weight is 289 g/mol. The molecular weight excluding hydrogens is 276 g/mol. The summed E-state index contributed by atoms with van der Waals surface area (Å²) in [5.41, 5.74) is 6.89. The number of nitrogens with two attached hydrogens (primary N) is 1. The molecule has 1 aromatic heterocycles. The molecule has 5 heteroatoms. The Morgan fingerprint density at radius 1 is 1.73 bits per heavy atom. The fourth-order valence-electron chi connectivity index (χ4n) is 1.69. The zero-order valence-corrected chi connectivity index (χ0v) is 10.9. The normalized spacial score (nSPS) is 21.0. The van der Waals surface area contributed by atoms with Crippen LogP contribution in [0.15, 0.2) is 9.85 Å². The number of likely N-dealkylation sites (tertiary alicyclic amines) is 1. The highest BCUT2D eigenvalue weighted by molar-refractivity contribution is 9.11. The Hall–Kier alpha value is -0.390. The van der Waals surface area contributed by atoms with Gasteiger partial charge in [0.05, 0.1) is 8.66 Å². The first kappa shape index (κ1) is 11.1. The van der Waals surface area contributed by atoms with E-state index in [1.54, 1.807) is 0 Å². The van der Waals surface area contributed by atoms with E-state index in [0.717, 1.165) is 27.2 Å². The quantitative estimate of drug-likeness (QED) is 0.859. The Bertz CT molecular complexity index is 371. The van der Waals surface area contributed by atoms with E-state index in [9.17, 15) is 4.79 Å². The lowest BCUT2D eigenvalue weighted by Gasteiger charge is -2.13. The molecule has 1 fully saturated rings. The van der Waals surface area contributed by atoms with Gasteiger partial charge in [0.25, 0.3) is 5.91 Å². The largest absolute Gasteiger partial charge is 0.336 e. The lowest BCUT2D eigenvalue weighted by Crippen LogP contribution is -2.31. The standard InChI is InChI=1S/C10H13BrN2OS/c1-6-4-8(15-9(6)11)10(14)13-3-2-7(12)5-13/h4,7H,2-3,5,12H2,1H3. The predicted molar refractivity (Wildman–Crippen MR) is 65.3 cm³/mol. The van der Waals surface area contributed by atoms with Crippen LogP contribution in [0.4, 0.5) is 0 Å². The van der Waals surface area contributed by atoms with Gasteiger partial charge in [-0.1, -0.05) is 0 Å². The molecule has 0 bridgehead atoms. The molecule has 0 spiro atoms. The Kier molecular flexibility index (Phi) is 3.13. The van der Waals surface area contributed by atoms with Gasteiger partial charge < -0.3 is 10.6 Å². The topological polar surface area (TPSA) is 46.3 Å². The third-order valence-corrected chi connectivity index (χ3v) is 4.70. The Morgan fingerprint density at radius 2 is 2.47 bits per heavy atom. The number of carbonyl (C=O) groups excluding carboxylic acids is 1. The highest BCUT2D eigenvalue weighted by atomic mass is 79.9. The molecule has 15 heavy (non-hydrogen) atoms. The Labute approximate surface area is 101 Å². The highest BCUT2D eigenvalue weighted by Crippen LogP contribution is 2.28. The highest BCUT2D eigenvalue weighted by Gasteiger charge is 2.25. The zero-order chi connectivity index (χ0) is 11.0. The first-order chi connectivity index (χ1) is 7.08. The molecule has 0 saturated carbocycles. The minimum absolute atomic E-state index is 0.113. The van der Waals surface area contributed by atoms with Gasteiger partial charge in [0.1, 0.15) is 0 Å². The van der Waals surface area contributed by atoms with E-state index in [1.165, 1.54) is 11.3 Å². The molecule has 2 heterocycles. The van der Waals surface area contributed by atoms with E-state index in [-0.39, 0.29) is 11.9 Å². The third kappa shape index (κ3) is 2.24. The molecule has 0 aromatic carbocycles. The molecule has 82 valence electrons. The third-order valence-electron chi connectivity index (χ3n) is 2.58. The van der Waals surface area contributed by atoms with Crippen molar-refractivity contribution in [3.8, 4) is 0 Å². The molecule has 1 saturated heterocycles. The van der Waals surface area contributed by atoms with Crippen molar-refractivity contribution in [1.82, 2.24) is 4.90 Å². The second kappa shape index (κ2) is 4.23. The molecule has 2 N–H and O–H groups in total. The van der Waals surface area contributed by atoms with E-state index >= 15 is 0 Å². The van der Waals surface area contributed by atoms with Crippen LogP contribution < -0.4 is 5.73 Å². The van der Waals surface area contributed by atoms with Crippen LogP contribution in [0.2, 0.25) is 0 Å². The van der Waals surface area contributed by atoms with E-state index in [1.807, 2.05) is 17.9 Å². The monoisotopic (exact) mass is 288 g/mol. The maximum Gasteiger partial charge on any atom is 0.264 e. The van der Waals surface area contributed by atoms with Crippen molar-refractivity contribution in [2.75, 3.05) is 13.1 Å². The van der Waals surface area contributed by atoms with E-state index in [4.69, 9.17) is 5.73 Å². The van der Waals surface area contributed by atoms with Gasteiger partial charge in [-0.2, -0.15) is 0 Å². The number of hydrogen-bond acceptors (Lipinski definition) is 3. The molecule has 1 unspecified atom stereocenters. The van der Waals surface area contributed by atoms with Gasteiger partial charge in [0.2, 0.25) is 0 Å². The van der Waals surface area contributed by atoms with Crippen LogP contribution >= 0.6 is 27.3 Å². The lowest BCUT2D eigenvalue weighted by atomic mass is 10.3. The molecule has 3 nitrogen and oxygen atoms in total. The van der Waals surface area contributed by atoms with Gasteiger partial charge >= 0.3 is 0 Å². The van der Waals surface area contributed by atoms with E-state index in [2.05, 4.69) is 15.9 Å². The number of hydrogen-bond donors (Lipinski definition) is 1. The van der Waals surface area contributed by atoms with Gasteiger partial charge in [-0.25, -0.2) is 0 Å². The van der Waals surface area contributed by atoms with E-state index in [0.29, 0.717) is 6.54 Å². The summed E-state index contributed by atoms with van der Waals surface area (Å²) >= 11 is 4.92. The predicted octanol–water partition coefficient (Wildman–Crippen LogP) is 1.99. The zero-order valence-electron chi connectivity index (χ0n) is 8.50. The summed E-state index contributed by atoms with van der Waals surface area (Å²) < 4.78 is 1.04. The fourth-order valence-corrected chi connectivity index (χ4v) is 3.20. The first-order valence-corrected chi connectivity index (χ1v) is 6.49. The van der Waals surface area contributed by atoms with Crippen molar-refractivity contribution in [3.05, 3.63) is 20.3 Å². The maximum atomic E-state index is 12.0. The van der Waals surface area contributed by atoms with Crippen molar-refractivity contribution in [3.63, 3.8) is 0 Å². The van der Waals surface area contributed by atoms with Crippen molar-refractivity contribution >= 4 is 33.2 Å². The minimum atomic E-state index is 0.113. The second-order valence-corrected chi connectivity index (χ2v) is 6.24. The van der Waals surface area contributed by atoms with Gasteiger partial charge in [-0.15, -0.1) is 11.3 Å². The Morgan fingerprint density at radius 3 is 2.93 bits per heavy atom. The number of aryl methyl sites for hydroxylation is 1. The molecule has 1 amide bonds. The number of nitrogens with zero attached hydrogens (tertiary/aromatic N) is 1. The molecule has 1 aliphatic rings. The summed E-state index contributed by atoms with van der Waals surface area (Å²) in [4.78, 5) is 14.7. The molecule has 1 aromatic rings. The van der Waals surface area contributed by atoms with Crippen LogP contribution in [-0.4, -0.2) is 29.9 Å². The smallest absolute Gasteiger partial charge is 0.264 e. The number of amides is 1. The van der Waals surface area contributed by atoms with Crippen LogP contribution in [0.3, 0.4) is 0 Å². The fraction of sp³-hybridized carbons (Fsp3) is 0.500. The lowest BCUT2D eigenvalue weighted by molar-refractivity contribution is 0.0795. The van der Waals surface area contributed by atoms with Gasteiger partial charge in [0, 0.05) is 19.1 Å². The Balaban J connectivity index is 2.14. The van der Waals surface area contributed by atoms with Crippen LogP contribution in [-0.2, 0) is 0 Å². The molecule has 2 rings (SSSR count). The summed E-state index contributed by atoms with van der Waals surface area (Å²) in [5, 5.41) is 0. The molecular formula is C10H13BrN2OS. The van der Waals surface area contributed by atoms with Gasteiger partial charge in [-0.3, -0.25) is 4.79 Å². The van der Waals surface area contributed by atoms with Crippen LogP contribution in [0.25, 0.3) is 0 Å². The first-order valence-electron chi connectivity index (χ1n) is 4.88. The molecule has 1 aliphatic heterocycles. The summed E-state index contributed by atoms with van der Waals surface area (Å²) in [7, 11) is 0. The van der Waals surface area contributed by atoms with Crippen molar-refractivity contribution < 1.29 is 4.79 Å². The SMILES string of the molecule is Cc1cc(C(=O)N2CCC(N)C2)sc1Br. The van der Waals surface area contributed by atoms with Crippen molar-refractivity contribution in [2.45, 2.75) is 19.4 Å². The number of rotatable bonds is 1. The summed E-state index contributed by atoms with van der Waals surface area (Å²) in [6.45, 7) is 3.47. The number of carbonyl (C=O) groups is 1. The summed E-state index contributed by atoms with van der Waals surface area (Å²) in [6.07, 6.45) is 0.914. The summed E-state index contributed by atoms with van der Waals surface area (Å²) in [6, 6.07) is 2.08. The molecule has 0 aliphatic carbocycles. The number of halogens is 1. The van der Waals surface area contributed by atoms with Crippen LogP contribution in [0.5, 0.6) is 0 Å². The van der Waals surface area contributed by atoms with Crippen LogP contribution in [0, 0.1) is 6.92 Å².